The largest absolute Gasteiger partial charge is 0.343 e. The highest BCUT2D eigenvalue weighted by Crippen LogP contribution is 2.32. The Morgan fingerprint density at radius 3 is 2.57 bits per heavy atom. The van der Waals surface area contributed by atoms with Crippen molar-refractivity contribution in [3.8, 4) is 0 Å². The number of hydrogen-bond donors (Lipinski definition) is 0. The highest BCUT2D eigenvalue weighted by atomic mass is 32.1. The summed E-state index contributed by atoms with van der Waals surface area (Å²) in [5.74, 6) is 1.92. The van der Waals surface area contributed by atoms with Crippen molar-refractivity contribution in [2.75, 3.05) is 13.1 Å². The zero-order chi connectivity index (χ0) is 14.5. The van der Waals surface area contributed by atoms with E-state index in [1.807, 2.05) is 11.3 Å². The molecule has 2 nitrogen and oxygen atoms in total. The number of thiophene rings is 1. The van der Waals surface area contributed by atoms with Crippen LogP contribution in [0.1, 0.15) is 68.6 Å². The number of nitrogens with zero attached hydrogens (tertiary/aromatic N) is 1. The molecule has 21 heavy (non-hydrogen) atoms. The molecule has 1 amide bonds. The van der Waals surface area contributed by atoms with E-state index in [9.17, 15) is 4.79 Å². The zero-order valence-corrected chi connectivity index (χ0v) is 13.7. The maximum atomic E-state index is 12.4. The SMILES string of the molecule is O=C(CCC1CCCCC1)N1CCC(c2cccs2)CC1. The van der Waals surface area contributed by atoms with E-state index in [4.69, 9.17) is 0 Å². The summed E-state index contributed by atoms with van der Waals surface area (Å²) in [6.07, 6.45) is 11.1. The minimum atomic E-state index is 0.408. The summed E-state index contributed by atoms with van der Waals surface area (Å²) >= 11 is 1.86. The van der Waals surface area contributed by atoms with E-state index < -0.39 is 0 Å². The standard InChI is InChI=1S/C18H27NOS/c20-18(9-8-15-5-2-1-3-6-15)19-12-10-16(11-13-19)17-7-4-14-21-17/h4,7,14-16H,1-3,5-6,8-13H2. The smallest absolute Gasteiger partial charge is 0.222 e. The molecule has 2 heterocycles. The van der Waals surface area contributed by atoms with Gasteiger partial charge in [0.2, 0.25) is 5.91 Å². The molecule has 0 bridgehead atoms. The van der Waals surface area contributed by atoms with Crippen molar-refractivity contribution in [3.05, 3.63) is 22.4 Å². The van der Waals surface area contributed by atoms with Crippen LogP contribution in [0.25, 0.3) is 0 Å². The number of piperidine rings is 1. The molecule has 0 radical (unpaired) electrons. The zero-order valence-electron chi connectivity index (χ0n) is 12.9. The van der Waals surface area contributed by atoms with Crippen molar-refractivity contribution in [1.82, 2.24) is 4.90 Å². The molecule has 3 rings (SSSR count). The van der Waals surface area contributed by atoms with Gasteiger partial charge in [-0.25, -0.2) is 0 Å². The van der Waals surface area contributed by atoms with Gasteiger partial charge in [0.25, 0.3) is 0 Å². The van der Waals surface area contributed by atoms with E-state index in [0.29, 0.717) is 11.8 Å². The highest BCUT2D eigenvalue weighted by molar-refractivity contribution is 7.10. The van der Waals surface area contributed by atoms with Crippen LogP contribution in [0.3, 0.4) is 0 Å². The van der Waals surface area contributed by atoms with Gasteiger partial charge in [0.1, 0.15) is 0 Å². The first-order chi connectivity index (χ1) is 10.3. The van der Waals surface area contributed by atoms with Crippen LogP contribution in [0.15, 0.2) is 17.5 Å². The van der Waals surface area contributed by atoms with Crippen LogP contribution in [0.2, 0.25) is 0 Å². The monoisotopic (exact) mass is 305 g/mol. The third-order valence-electron chi connectivity index (χ3n) is 5.28. The molecule has 1 aromatic rings. The second-order valence-corrected chi connectivity index (χ2v) is 7.69. The predicted octanol–water partition coefficient (Wildman–Crippen LogP) is 4.81. The molecule has 0 N–H and O–H groups in total. The molecule has 0 unspecified atom stereocenters. The molecule has 2 fully saturated rings. The molecule has 1 saturated carbocycles. The molecule has 3 heteroatoms. The second-order valence-electron chi connectivity index (χ2n) is 6.71. The van der Waals surface area contributed by atoms with Crippen LogP contribution in [-0.2, 0) is 4.79 Å². The molecule has 1 aromatic heterocycles. The lowest BCUT2D eigenvalue weighted by Gasteiger charge is -2.32. The van der Waals surface area contributed by atoms with E-state index in [0.717, 1.165) is 44.7 Å². The van der Waals surface area contributed by atoms with Crippen molar-refractivity contribution in [1.29, 1.82) is 0 Å². The Labute approximate surface area is 132 Å². The summed E-state index contributed by atoms with van der Waals surface area (Å²) < 4.78 is 0. The number of carbonyl (C=O) groups is 1. The second kappa shape index (κ2) is 7.44. The molecule has 0 atom stereocenters. The van der Waals surface area contributed by atoms with Gasteiger partial charge >= 0.3 is 0 Å². The van der Waals surface area contributed by atoms with Gasteiger partial charge in [0.15, 0.2) is 0 Å². The summed E-state index contributed by atoms with van der Waals surface area (Å²) in [4.78, 5) is 16.0. The summed E-state index contributed by atoms with van der Waals surface area (Å²) in [5, 5.41) is 2.16. The first-order valence-corrected chi connectivity index (χ1v) is 9.52. The van der Waals surface area contributed by atoms with E-state index in [1.165, 1.54) is 37.0 Å². The Kier molecular flexibility index (Phi) is 5.34. The summed E-state index contributed by atoms with van der Waals surface area (Å²) in [7, 11) is 0. The van der Waals surface area contributed by atoms with Crippen molar-refractivity contribution in [2.45, 2.75) is 63.7 Å². The number of carbonyl (C=O) groups excluding carboxylic acids is 1. The highest BCUT2D eigenvalue weighted by Gasteiger charge is 2.24. The number of hydrogen-bond acceptors (Lipinski definition) is 2. The van der Waals surface area contributed by atoms with Crippen LogP contribution in [0.4, 0.5) is 0 Å². The maximum Gasteiger partial charge on any atom is 0.222 e. The molecule has 0 spiro atoms. The van der Waals surface area contributed by atoms with Gasteiger partial charge in [-0.1, -0.05) is 38.2 Å². The summed E-state index contributed by atoms with van der Waals surface area (Å²) in [6.45, 7) is 1.93. The summed E-state index contributed by atoms with van der Waals surface area (Å²) in [5.41, 5.74) is 0. The predicted molar refractivity (Wildman–Crippen MR) is 88.7 cm³/mol. The number of rotatable bonds is 4. The van der Waals surface area contributed by atoms with Gasteiger partial charge in [-0.05, 0) is 42.5 Å². The first-order valence-electron chi connectivity index (χ1n) is 8.64. The molecular weight excluding hydrogens is 278 g/mol. The van der Waals surface area contributed by atoms with Gasteiger partial charge < -0.3 is 4.90 Å². The van der Waals surface area contributed by atoms with Crippen molar-refractivity contribution in [2.24, 2.45) is 5.92 Å². The van der Waals surface area contributed by atoms with E-state index in [-0.39, 0.29) is 0 Å². The van der Waals surface area contributed by atoms with Gasteiger partial charge in [-0.15, -0.1) is 11.3 Å². The van der Waals surface area contributed by atoms with Gasteiger partial charge in [-0.2, -0.15) is 0 Å². The third-order valence-corrected chi connectivity index (χ3v) is 6.32. The van der Waals surface area contributed by atoms with Gasteiger partial charge in [0, 0.05) is 24.4 Å². The quantitative estimate of drug-likeness (QED) is 0.781. The topological polar surface area (TPSA) is 20.3 Å². The van der Waals surface area contributed by atoms with Gasteiger partial charge in [-0.3, -0.25) is 4.79 Å². The van der Waals surface area contributed by atoms with Crippen LogP contribution in [-0.4, -0.2) is 23.9 Å². The fourth-order valence-electron chi connectivity index (χ4n) is 3.90. The molecule has 1 aliphatic carbocycles. The Hall–Kier alpha value is -0.830. The average molecular weight is 305 g/mol. The Morgan fingerprint density at radius 1 is 1.14 bits per heavy atom. The van der Waals surface area contributed by atoms with Crippen molar-refractivity contribution >= 4 is 17.2 Å². The normalized spacial score (nSPS) is 21.6. The maximum absolute atomic E-state index is 12.4. The first kappa shape index (κ1) is 15.1. The van der Waals surface area contributed by atoms with Crippen LogP contribution in [0, 0.1) is 5.92 Å². The molecule has 1 saturated heterocycles. The molecule has 1 aliphatic heterocycles. The van der Waals surface area contributed by atoms with E-state index in [1.54, 1.807) is 0 Å². The van der Waals surface area contributed by atoms with E-state index >= 15 is 0 Å². The Morgan fingerprint density at radius 2 is 1.90 bits per heavy atom. The van der Waals surface area contributed by atoms with Crippen LogP contribution >= 0.6 is 11.3 Å². The lowest BCUT2D eigenvalue weighted by atomic mass is 9.86. The van der Waals surface area contributed by atoms with Crippen LogP contribution in [0.5, 0.6) is 0 Å². The van der Waals surface area contributed by atoms with Crippen LogP contribution < -0.4 is 0 Å². The summed E-state index contributed by atoms with van der Waals surface area (Å²) in [6, 6.07) is 4.39. The third kappa shape index (κ3) is 4.09. The van der Waals surface area contributed by atoms with E-state index in [2.05, 4.69) is 22.4 Å². The van der Waals surface area contributed by atoms with Gasteiger partial charge in [0.05, 0.1) is 0 Å². The van der Waals surface area contributed by atoms with Crippen molar-refractivity contribution < 1.29 is 4.79 Å². The lowest BCUT2D eigenvalue weighted by molar-refractivity contribution is -0.132. The molecular formula is C18H27NOS. The Bertz CT molecular complexity index is 428. The average Bonchev–Trinajstić information content (AvgIpc) is 3.08. The minimum absolute atomic E-state index is 0.408. The molecule has 0 aromatic carbocycles. The fourth-order valence-corrected chi connectivity index (χ4v) is 4.80. The molecule has 2 aliphatic rings. The van der Waals surface area contributed by atoms with Crippen molar-refractivity contribution in [3.63, 3.8) is 0 Å². The minimum Gasteiger partial charge on any atom is -0.343 e. The number of likely N-dealkylation sites (tertiary alicyclic amines) is 1. The number of amides is 1. The Balaban J connectivity index is 1.40. The fraction of sp³-hybridized carbons (Fsp3) is 0.722. The molecule has 116 valence electrons. The lowest BCUT2D eigenvalue weighted by Crippen LogP contribution is -2.37.